The molecule has 0 aliphatic heterocycles. The van der Waals surface area contributed by atoms with Gasteiger partial charge in [-0.2, -0.15) is 0 Å². The van der Waals surface area contributed by atoms with Crippen molar-refractivity contribution in [2.45, 2.75) is 33.2 Å². The number of hydrogen-bond acceptors (Lipinski definition) is 2. The zero-order valence-corrected chi connectivity index (χ0v) is 10.9. The topological polar surface area (TPSA) is 29.5 Å². The van der Waals surface area contributed by atoms with Gasteiger partial charge in [-0.1, -0.05) is 13.8 Å². The van der Waals surface area contributed by atoms with E-state index >= 15 is 0 Å². The van der Waals surface area contributed by atoms with E-state index in [2.05, 4.69) is 13.8 Å². The van der Waals surface area contributed by atoms with Crippen molar-refractivity contribution in [3.05, 3.63) is 0 Å². The van der Waals surface area contributed by atoms with Gasteiger partial charge in [-0.25, -0.2) is 0 Å². The third-order valence-electron chi connectivity index (χ3n) is 2.60. The van der Waals surface area contributed by atoms with Crippen molar-refractivity contribution in [3.63, 3.8) is 0 Å². The molecule has 3 nitrogen and oxygen atoms in total. The number of carbonyl (C=O) groups excluding carboxylic acids is 1. The van der Waals surface area contributed by atoms with Crippen LogP contribution in [0.3, 0.4) is 0 Å². The Bertz CT molecular complexity index is 187. The van der Waals surface area contributed by atoms with Gasteiger partial charge in [0.2, 0.25) is 5.91 Å². The van der Waals surface area contributed by atoms with Crippen molar-refractivity contribution < 1.29 is 9.53 Å². The molecule has 90 valence electrons. The van der Waals surface area contributed by atoms with E-state index in [1.165, 1.54) is 0 Å². The second-order valence-corrected chi connectivity index (χ2v) is 4.15. The van der Waals surface area contributed by atoms with Crippen molar-refractivity contribution in [3.8, 4) is 0 Å². The Kier molecular flexibility index (Phi) is 7.79. The van der Waals surface area contributed by atoms with Gasteiger partial charge in [0.05, 0.1) is 6.61 Å². The average molecular weight is 236 g/mol. The van der Waals surface area contributed by atoms with Crippen molar-refractivity contribution in [1.29, 1.82) is 0 Å². The van der Waals surface area contributed by atoms with E-state index in [9.17, 15) is 4.79 Å². The van der Waals surface area contributed by atoms with E-state index < -0.39 is 0 Å². The van der Waals surface area contributed by atoms with Crippen LogP contribution in [0.15, 0.2) is 0 Å². The summed E-state index contributed by atoms with van der Waals surface area (Å²) >= 11 is 5.69. The largest absolute Gasteiger partial charge is 0.383 e. The van der Waals surface area contributed by atoms with E-state index in [1.807, 2.05) is 11.8 Å². The minimum atomic E-state index is -0.113. The molecule has 0 aliphatic carbocycles. The van der Waals surface area contributed by atoms with Crippen LogP contribution in [0.5, 0.6) is 0 Å². The fraction of sp³-hybridized carbons (Fsp3) is 0.909. The van der Waals surface area contributed by atoms with Gasteiger partial charge in [-0.15, -0.1) is 11.6 Å². The van der Waals surface area contributed by atoms with E-state index in [0.717, 1.165) is 6.42 Å². The number of ether oxygens (including phenoxy) is 1. The number of amides is 1. The van der Waals surface area contributed by atoms with Gasteiger partial charge in [-0.05, 0) is 13.3 Å². The van der Waals surface area contributed by atoms with Crippen molar-refractivity contribution in [2.75, 3.05) is 26.1 Å². The molecular weight excluding hydrogens is 214 g/mol. The summed E-state index contributed by atoms with van der Waals surface area (Å²) in [6.07, 6.45) is 0.949. The minimum Gasteiger partial charge on any atom is -0.383 e. The number of rotatable bonds is 7. The molecule has 2 atom stereocenters. The predicted octanol–water partition coefficient (Wildman–Crippen LogP) is 2.13. The number of methoxy groups -OCH3 is 1. The zero-order chi connectivity index (χ0) is 11.8. The Morgan fingerprint density at radius 1 is 1.47 bits per heavy atom. The highest BCUT2D eigenvalue weighted by Crippen LogP contribution is 2.10. The quantitative estimate of drug-likeness (QED) is 0.633. The highest BCUT2D eigenvalue weighted by Gasteiger charge is 2.22. The second-order valence-electron chi connectivity index (χ2n) is 3.84. The Balaban J connectivity index is 4.39. The van der Waals surface area contributed by atoms with Gasteiger partial charge in [0.1, 0.15) is 0 Å². The van der Waals surface area contributed by atoms with Crippen LogP contribution in [0.2, 0.25) is 0 Å². The summed E-state index contributed by atoms with van der Waals surface area (Å²) in [5, 5.41) is 0. The summed E-state index contributed by atoms with van der Waals surface area (Å²) in [5.41, 5.74) is 0. The SMILES string of the molecule is CCC(C)N(CCOC)C(=O)C(C)CCl. The van der Waals surface area contributed by atoms with Crippen LogP contribution in [-0.2, 0) is 9.53 Å². The minimum absolute atomic E-state index is 0.113. The van der Waals surface area contributed by atoms with Crippen molar-refractivity contribution in [1.82, 2.24) is 4.90 Å². The molecule has 0 spiro atoms. The molecule has 2 unspecified atom stereocenters. The fourth-order valence-electron chi connectivity index (χ4n) is 1.31. The Hall–Kier alpha value is -0.280. The lowest BCUT2D eigenvalue weighted by atomic mass is 10.1. The summed E-state index contributed by atoms with van der Waals surface area (Å²) < 4.78 is 5.00. The molecule has 0 aliphatic rings. The number of halogens is 1. The molecule has 0 fully saturated rings. The maximum atomic E-state index is 12.0. The lowest BCUT2D eigenvalue weighted by Crippen LogP contribution is -2.43. The Morgan fingerprint density at radius 2 is 2.07 bits per heavy atom. The molecular formula is C11H22ClNO2. The Labute approximate surface area is 97.7 Å². The second kappa shape index (κ2) is 7.94. The molecule has 4 heteroatoms. The monoisotopic (exact) mass is 235 g/mol. The lowest BCUT2D eigenvalue weighted by Gasteiger charge is -2.30. The van der Waals surface area contributed by atoms with E-state index in [1.54, 1.807) is 7.11 Å². The van der Waals surface area contributed by atoms with Crippen LogP contribution in [0.25, 0.3) is 0 Å². The summed E-state index contributed by atoms with van der Waals surface area (Å²) in [7, 11) is 1.64. The van der Waals surface area contributed by atoms with E-state index in [4.69, 9.17) is 16.3 Å². The first-order valence-corrected chi connectivity index (χ1v) is 5.97. The van der Waals surface area contributed by atoms with Crippen LogP contribution in [0.4, 0.5) is 0 Å². The van der Waals surface area contributed by atoms with Crippen LogP contribution in [0, 0.1) is 5.92 Å². The van der Waals surface area contributed by atoms with Gasteiger partial charge < -0.3 is 9.64 Å². The average Bonchev–Trinajstić information content (AvgIpc) is 2.27. The molecule has 1 amide bonds. The molecule has 0 aromatic rings. The van der Waals surface area contributed by atoms with Crippen molar-refractivity contribution >= 4 is 17.5 Å². The standard InChI is InChI=1S/C11H22ClNO2/c1-5-10(3)13(6-7-15-4)11(14)9(2)8-12/h9-10H,5-8H2,1-4H3. The first-order chi connectivity index (χ1) is 7.08. The molecule has 0 heterocycles. The first kappa shape index (κ1) is 14.7. The molecule has 0 rings (SSSR count). The summed E-state index contributed by atoms with van der Waals surface area (Å²) in [5.74, 6) is 0.382. The molecule has 0 radical (unpaired) electrons. The molecule has 0 aromatic heterocycles. The normalized spacial score (nSPS) is 14.7. The fourth-order valence-corrected chi connectivity index (χ4v) is 1.44. The highest BCUT2D eigenvalue weighted by atomic mass is 35.5. The summed E-state index contributed by atoms with van der Waals surface area (Å²) in [4.78, 5) is 13.8. The molecule has 0 aromatic carbocycles. The Morgan fingerprint density at radius 3 is 2.47 bits per heavy atom. The van der Waals surface area contributed by atoms with Gasteiger partial charge in [-0.3, -0.25) is 4.79 Å². The molecule has 0 N–H and O–H groups in total. The lowest BCUT2D eigenvalue weighted by molar-refractivity contribution is -0.137. The molecule has 15 heavy (non-hydrogen) atoms. The molecule has 0 bridgehead atoms. The number of hydrogen-bond donors (Lipinski definition) is 0. The van der Waals surface area contributed by atoms with Crippen LogP contribution in [0.1, 0.15) is 27.2 Å². The van der Waals surface area contributed by atoms with Crippen LogP contribution in [-0.4, -0.2) is 43.0 Å². The maximum absolute atomic E-state index is 12.0. The summed E-state index contributed by atoms with van der Waals surface area (Å²) in [6, 6.07) is 0.248. The number of carbonyl (C=O) groups is 1. The number of alkyl halides is 1. The van der Waals surface area contributed by atoms with Crippen LogP contribution < -0.4 is 0 Å². The number of nitrogens with zero attached hydrogens (tertiary/aromatic N) is 1. The third kappa shape index (κ3) is 4.85. The maximum Gasteiger partial charge on any atom is 0.226 e. The predicted molar refractivity (Wildman–Crippen MR) is 63.2 cm³/mol. The van der Waals surface area contributed by atoms with Gasteiger partial charge >= 0.3 is 0 Å². The van der Waals surface area contributed by atoms with Crippen LogP contribution >= 0.6 is 11.6 Å². The van der Waals surface area contributed by atoms with E-state index in [0.29, 0.717) is 19.0 Å². The van der Waals surface area contributed by atoms with Crippen molar-refractivity contribution in [2.24, 2.45) is 5.92 Å². The summed E-state index contributed by atoms with van der Waals surface area (Å²) in [6.45, 7) is 7.20. The van der Waals surface area contributed by atoms with E-state index in [-0.39, 0.29) is 17.9 Å². The molecule has 0 saturated carbocycles. The highest BCUT2D eigenvalue weighted by molar-refractivity contribution is 6.19. The molecule has 0 saturated heterocycles. The van der Waals surface area contributed by atoms with Gasteiger partial charge in [0.25, 0.3) is 0 Å². The smallest absolute Gasteiger partial charge is 0.226 e. The third-order valence-corrected chi connectivity index (χ3v) is 3.06. The zero-order valence-electron chi connectivity index (χ0n) is 10.1. The first-order valence-electron chi connectivity index (χ1n) is 5.43. The van der Waals surface area contributed by atoms with Gasteiger partial charge in [0, 0.05) is 31.5 Å². The van der Waals surface area contributed by atoms with Gasteiger partial charge in [0.15, 0.2) is 0 Å².